The molecule has 0 aromatic carbocycles. The van der Waals surface area contributed by atoms with Gasteiger partial charge < -0.3 is 9.64 Å². The largest absolute Gasteiger partial charge is 0.382 e. The SMILES string of the molecule is CN(C)C.COCC[O]. The second-order valence-electron chi connectivity index (χ2n) is 2.04. The van der Waals surface area contributed by atoms with E-state index in [1.807, 2.05) is 26.0 Å². The van der Waals surface area contributed by atoms with Gasteiger partial charge in [0.15, 0.2) is 0 Å². The predicted octanol–water partition coefficient (Wildman–Crippen LogP) is 0.241. The average molecular weight is 134 g/mol. The van der Waals surface area contributed by atoms with Gasteiger partial charge in [-0.15, -0.1) is 0 Å². The monoisotopic (exact) mass is 134 g/mol. The standard InChI is InChI=1S/C3H9N.C3H7O2/c1-4(2)3;1-5-3-2-4/h1-3H3;2-3H2,1H3. The summed E-state index contributed by atoms with van der Waals surface area (Å²) in [6.07, 6.45) is 0. The summed E-state index contributed by atoms with van der Waals surface area (Å²) in [7, 11) is 7.51. The fraction of sp³-hybridized carbons (Fsp3) is 1.00. The maximum Gasteiger partial charge on any atom is 0.106 e. The number of nitrogens with zero attached hydrogens (tertiary/aromatic N) is 1. The molecule has 3 nitrogen and oxygen atoms in total. The molecule has 3 heteroatoms. The zero-order valence-corrected chi connectivity index (χ0v) is 6.68. The molecule has 0 aliphatic rings. The summed E-state index contributed by atoms with van der Waals surface area (Å²) in [5.74, 6) is 0. The molecule has 0 heterocycles. The van der Waals surface area contributed by atoms with Crippen molar-refractivity contribution in [2.75, 3.05) is 41.5 Å². The first kappa shape index (κ1) is 11.6. The topological polar surface area (TPSA) is 32.4 Å². The van der Waals surface area contributed by atoms with E-state index in [-0.39, 0.29) is 6.61 Å². The Bertz CT molecular complexity index is 35.3. The molecule has 0 aliphatic carbocycles. The number of ether oxygens (including phenoxy) is 1. The molecule has 9 heavy (non-hydrogen) atoms. The Kier molecular flexibility index (Phi) is 14.0. The highest BCUT2D eigenvalue weighted by Gasteiger charge is 1.69. The third-order valence-corrected chi connectivity index (χ3v) is 0.287. The molecule has 0 aliphatic heterocycles. The van der Waals surface area contributed by atoms with E-state index in [0.29, 0.717) is 6.61 Å². The van der Waals surface area contributed by atoms with Crippen LogP contribution < -0.4 is 0 Å². The van der Waals surface area contributed by atoms with Crippen molar-refractivity contribution >= 4 is 0 Å². The molecule has 0 fully saturated rings. The molecule has 0 aromatic rings. The first-order valence-electron chi connectivity index (χ1n) is 2.83. The van der Waals surface area contributed by atoms with Gasteiger partial charge in [-0.1, -0.05) is 0 Å². The van der Waals surface area contributed by atoms with Crippen LogP contribution in [0.1, 0.15) is 0 Å². The van der Waals surface area contributed by atoms with Gasteiger partial charge in [-0.3, -0.25) is 0 Å². The molecule has 0 atom stereocenters. The maximum atomic E-state index is 9.40. The van der Waals surface area contributed by atoms with Gasteiger partial charge in [0.2, 0.25) is 0 Å². The van der Waals surface area contributed by atoms with Gasteiger partial charge in [-0.05, 0) is 21.1 Å². The van der Waals surface area contributed by atoms with Crippen LogP contribution in [0.5, 0.6) is 0 Å². The molecule has 0 bridgehead atoms. The highest BCUT2D eigenvalue weighted by molar-refractivity contribution is 4.12. The zero-order chi connectivity index (χ0) is 7.70. The van der Waals surface area contributed by atoms with E-state index in [1.165, 1.54) is 7.11 Å². The molecule has 0 saturated heterocycles. The van der Waals surface area contributed by atoms with E-state index in [4.69, 9.17) is 0 Å². The van der Waals surface area contributed by atoms with Crippen molar-refractivity contribution in [3.63, 3.8) is 0 Å². The Balaban J connectivity index is 0. The molecule has 1 radical (unpaired) electrons. The van der Waals surface area contributed by atoms with Crippen LogP contribution in [-0.2, 0) is 9.84 Å². The minimum atomic E-state index is -0.128. The lowest BCUT2D eigenvalue weighted by molar-refractivity contribution is 0.0948. The summed E-state index contributed by atoms with van der Waals surface area (Å²) < 4.78 is 4.38. The van der Waals surface area contributed by atoms with E-state index < -0.39 is 0 Å². The Hall–Kier alpha value is -0.120. The van der Waals surface area contributed by atoms with Crippen LogP contribution in [0.15, 0.2) is 0 Å². The maximum absolute atomic E-state index is 9.40. The van der Waals surface area contributed by atoms with Crippen molar-refractivity contribution in [1.29, 1.82) is 0 Å². The third kappa shape index (κ3) is 77.1. The number of methoxy groups -OCH3 is 1. The second kappa shape index (κ2) is 10.8. The summed E-state index contributed by atoms with van der Waals surface area (Å²) in [5, 5.41) is 9.40. The Morgan fingerprint density at radius 2 is 1.67 bits per heavy atom. The Morgan fingerprint density at radius 1 is 1.33 bits per heavy atom. The normalized spacial score (nSPS) is 8.67. The molecule has 0 rings (SSSR count). The van der Waals surface area contributed by atoms with Crippen LogP contribution in [0.25, 0.3) is 0 Å². The quantitative estimate of drug-likeness (QED) is 0.542. The molecule has 0 amide bonds. The minimum Gasteiger partial charge on any atom is -0.382 e. The molecule has 0 saturated carbocycles. The lowest BCUT2D eigenvalue weighted by Crippen LogP contribution is -1.99. The van der Waals surface area contributed by atoms with Gasteiger partial charge in [-0.2, -0.15) is 0 Å². The summed E-state index contributed by atoms with van der Waals surface area (Å²) in [5.41, 5.74) is 0. The van der Waals surface area contributed by atoms with Gasteiger partial charge in [0.1, 0.15) is 6.61 Å². The average Bonchev–Trinajstić information content (AvgIpc) is 1.66. The molecular formula is C6H16NO2. The van der Waals surface area contributed by atoms with Gasteiger partial charge in [0.05, 0.1) is 6.61 Å². The molecule has 0 unspecified atom stereocenters. The van der Waals surface area contributed by atoms with E-state index in [2.05, 4.69) is 4.74 Å². The number of hydrogen-bond donors (Lipinski definition) is 0. The summed E-state index contributed by atoms with van der Waals surface area (Å²) in [6, 6.07) is 0. The molecule has 57 valence electrons. The lowest BCUT2D eigenvalue weighted by atomic mass is 10.8. The number of rotatable bonds is 2. The van der Waals surface area contributed by atoms with Crippen LogP contribution in [0.4, 0.5) is 0 Å². The van der Waals surface area contributed by atoms with Crippen molar-refractivity contribution < 1.29 is 9.84 Å². The predicted molar refractivity (Wildman–Crippen MR) is 37.0 cm³/mol. The smallest absolute Gasteiger partial charge is 0.106 e. The highest BCUT2D eigenvalue weighted by atomic mass is 16.5. The van der Waals surface area contributed by atoms with Crippen LogP contribution in [-0.4, -0.2) is 46.4 Å². The van der Waals surface area contributed by atoms with Crippen molar-refractivity contribution in [2.24, 2.45) is 0 Å². The first-order valence-corrected chi connectivity index (χ1v) is 2.83. The fourth-order valence-electron chi connectivity index (χ4n) is 0.0833. The zero-order valence-electron chi connectivity index (χ0n) is 6.68. The molecular weight excluding hydrogens is 118 g/mol. The second-order valence-corrected chi connectivity index (χ2v) is 2.04. The molecule has 0 N–H and O–H groups in total. The summed E-state index contributed by atoms with van der Waals surface area (Å²) in [6.45, 7) is 0.205. The van der Waals surface area contributed by atoms with Crippen molar-refractivity contribution in [3.05, 3.63) is 0 Å². The van der Waals surface area contributed by atoms with E-state index in [0.717, 1.165) is 0 Å². The van der Waals surface area contributed by atoms with E-state index in [1.54, 1.807) is 0 Å². The van der Waals surface area contributed by atoms with Crippen molar-refractivity contribution in [1.82, 2.24) is 4.90 Å². The van der Waals surface area contributed by atoms with Crippen LogP contribution in [0, 0.1) is 0 Å². The van der Waals surface area contributed by atoms with Crippen LogP contribution in [0.3, 0.4) is 0 Å². The van der Waals surface area contributed by atoms with Crippen LogP contribution in [0.2, 0.25) is 0 Å². The van der Waals surface area contributed by atoms with E-state index >= 15 is 0 Å². The van der Waals surface area contributed by atoms with Gasteiger partial charge in [-0.25, -0.2) is 5.11 Å². The Morgan fingerprint density at radius 3 is 1.67 bits per heavy atom. The molecule has 0 aromatic heterocycles. The summed E-state index contributed by atoms with van der Waals surface area (Å²) in [4.78, 5) is 2.00. The first-order chi connectivity index (χ1) is 4.15. The van der Waals surface area contributed by atoms with Crippen molar-refractivity contribution in [3.8, 4) is 0 Å². The van der Waals surface area contributed by atoms with Crippen LogP contribution >= 0.6 is 0 Å². The highest BCUT2D eigenvalue weighted by Crippen LogP contribution is 1.57. The number of hydrogen-bond acceptors (Lipinski definition) is 2. The van der Waals surface area contributed by atoms with Crippen molar-refractivity contribution in [2.45, 2.75) is 0 Å². The van der Waals surface area contributed by atoms with E-state index in [9.17, 15) is 5.11 Å². The molecule has 0 spiro atoms. The third-order valence-electron chi connectivity index (χ3n) is 0.287. The van der Waals surface area contributed by atoms with Gasteiger partial charge in [0, 0.05) is 7.11 Å². The summed E-state index contributed by atoms with van der Waals surface area (Å²) >= 11 is 0. The van der Waals surface area contributed by atoms with Gasteiger partial charge >= 0.3 is 0 Å². The van der Waals surface area contributed by atoms with Gasteiger partial charge in [0.25, 0.3) is 0 Å². The minimum absolute atomic E-state index is 0.128. The lowest BCUT2D eigenvalue weighted by Gasteiger charge is -1.90. The Labute approximate surface area is 57.2 Å². The fourth-order valence-corrected chi connectivity index (χ4v) is 0.0833.